The molecule has 3 nitrogen and oxygen atoms in total. The zero-order valence-electron chi connectivity index (χ0n) is 16.3. The molecule has 0 aromatic carbocycles. The fourth-order valence-electron chi connectivity index (χ4n) is 6.87. The Morgan fingerprint density at radius 1 is 1.17 bits per heavy atom. The average Bonchev–Trinajstić information content (AvgIpc) is 2.93. The summed E-state index contributed by atoms with van der Waals surface area (Å²) >= 11 is 3.02. The SMILES string of the molecule is C[C@]12CC[C@H]3[C@@H](CCC4=CC(=O)CC[C@@H]43)[C@@H]1CC[C@]2(C#CBr)OC(=O)C(F)(F)F. The Bertz CT molecular complexity index is 823. The van der Waals surface area contributed by atoms with Gasteiger partial charge < -0.3 is 4.74 Å². The number of carbonyl (C=O) groups excluding carboxylic acids is 2. The van der Waals surface area contributed by atoms with E-state index in [2.05, 4.69) is 26.7 Å². The molecule has 158 valence electrons. The zero-order chi connectivity index (χ0) is 21.0. The molecule has 0 saturated heterocycles. The Balaban J connectivity index is 1.64. The highest BCUT2D eigenvalue weighted by molar-refractivity contribution is 9.12. The maximum Gasteiger partial charge on any atom is 0.490 e. The van der Waals surface area contributed by atoms with Gasteiger partial charge in [0.1, 0.15) is 0 Å². The van der Waals surface area contributed by atoms with Crippen LogP contribution < -0.4 is 0 Å². The van der Waals surface area contributed by atoms with Crippen LogP contribution in [0.1, 0.15) is 58.3 Å². The Morgan fingerprint density at radius 2 is 1.93 bits per heavy atom. The summed E-state index contributed by atoms with van der Waals surface area (Å²) in [6.45, 7) is 1.96. The molecule has 3 saturated carbocycles. The van der Waals surface area contributed by atoms with E-state index in [1.165, 1.54) is 5.57 Å². The van der Waals surface area contributed by atoms with Gasteiger partial charge >= 0.3 is 12.1 Å². The Hall–Kier alpha value is -1.29. The van der Waals surface area contributed by atoms with Crippen LogP contribution in [0.2, 0.25) is 0 Å². The van der Waals surface area contributed by atoms with Gasteiger partial charge in [-0.05, 0) is 85.4 Å². The monoisotopic (exact) mass is 472 g/mol. The van der Waals surface area contributed by atoms with Crippen molar-refractivity contribution in [3.05, 3.63) is 11.6 Å². The largest absolute Gasteiger partial charge is 0.490 e. The third-order valence-corrected chi connectivity index (χ3v) is 8.37. The van der Waals surface area contributed by atoms with Crippen molar-refractivity contribution in [3.63, 3.8) is 0 Å². The van der Waals surface area contributed by atoms with E-state index in [0.717, 1.165) is 25.7 Å². The number of alkyl halides is 3. The lowest BCUT2D eigenvalue weighted by molar-refractivity contribution is -0.219. The normalized spacial score (nSPS) is 41.3. The van der Waals surface area contributed by atoms with Gasteiger partial charge in [-0.3, -0.25) is 4.79 Å². The predicted octanol–water partition coefficient (Wildman–Crippen LogP) is 5.33. The van der Waals surface area contributed by atoms with Gasteiger partial charge in [-0.25, -0.2) is 4.79 Å². The summed E-state index contributed by atoms with van der Waals surface area (Å²) in [5.41, 5.74) is -0.766. The van der Waals surface area contributed by atoms with E-state index in [1.54, 1.807) is 0 Å². The molecule has 0 bridgehead atoms. The minimum absolute atomic E-state index is 0.162. The molecule has 0 aliphatic heterocycles. The molecule has 0 spiro atoms. The van der Waals surface area contributed by atoms with Crippen molar-refractivity contribution in [2.75, 3.05) is 0 Å². The summed E-state index contributed by atoms with van der Waals surface area (Å²) in [5.74, 6) is 2.27. The molecule has 4 aliphatic rings. The summed E-state index contributed by atoms with van der Waals surface area (Å²) in [4.78, 5) is 26.1. The minimum atomic E-state index is -5.04. The van der Waals surface area contributed by atoms with Gasteiger partial charge in [0.05, 0.1) is 0 Å². The van der Waals surface area contributed by atoms with Crippen molar-refractivity contribution in [2.45, 2.75) is 70.1 Å². The van der Waals surface area contributed by atoms with E-state index in [0.29, 0.717) is 43.4 Å². The number of allylic oxidation sites excluding steroid dienone is 1. The van der Waals surface area contributed by atoms with Gasteiger partial charge in [0.25, 0.3) is 0 Å². The number of hydrogen-bond acceptors (Lipinski definition) is 3. The first-order valence-electron chi connectivity index (χ1n) is 10.3. The second kappa shape index (κ2) is 7.14. The molecule has 3 fully saturated rings. The van der Waals surface area contributed by atoms with E-state index in [1.807, 2.05) is 13.0 Å². The minimum Gasteiger partial charge on any atom is -0.439 e. The molecule has 7 heteroatoms. The van der Waals surface area contributed by atoms with Crippen LogP contribution in [0.25, 0.3) is 0 Å². The summed E-state index contributed by atoms with van der Waals surface area (Å²) < 4.78 is 44.1. The van der Waals surface area contributed by atoms with Gasteiger partial charge in [0, 0.05) is 27.8 Å². The van der Waals surface area contributed by atoms with Crippen LogP contribution in [-0.4, -0.2) is 23.5 Å². The molecule has 6 atom stereocenters. The maximum atomic E-state index is 13.0. The lowest BCUT2D eigenvalue weighted by Crippen LogP contribution is -2.54. The van der Waals surface area contributed by atoms with Crippen molar-refractivity contribution in [2.24, 2.45) is 29.1 Å². The fraction of sp³-hybridized carbons (Fsp3) is 0.727. The smallest absolute Gasteiger partial charge is 0.439 e. The van der Waals surface area contributed by atoms with Crippen molar-refractivity contribution < 1.29 is 27.5 Å². The molecule has 0 aromatic heterocycles. The highest BCUT2D eigenvalue weighted by Gasteiger charge is 2.65. The molecular formula is C22H24BrF3O3. The first-order valence-corrected chi connectivity index (χ1v) is 11.1. The van der Waals surface area contributed by atoms with Gasteiger partial charge in [-0.2, -0.15) is 13.2 Å². The molecule has 4 aliphatic carbocycles. The number of hydrogen-bond donors (Lipinski definition) is 0. The Kier molecular flexibility index (Phi) is 5.16. The molecule has 0 N–H and O–H groups in total. The lowest BCUT2D eigenvalue weighted by atomic mass is 9.50. The highest BCUT2D eigenvalue weighted by atomic mass is 79.9. The molecule has 0 amide bonds. The van der Waals surface area contributed by atoms with Crippen molar-refractivity contribution in [1.82, 2.24) is 0 Å². The first-order chi connectivity index (χ1) is 13.6. The van der Waals surface area contributed by atoms with E-state index in [9.17, 15) is 22.8 Å². The molecule has 29 heavy (non-hydrogen) atoms. The zero-order valence-corrected chi connectivity index (χ0v) is 17.9. The fourth-order valence-corrected chi connectivity index (χ4v) is 7.19. The summed E-state index contributed by atoms with van der Waals surface area (Å²) in [6, 6.07) is 0. The summed E-state index contributed by atoms with van der Waals surface area (Å²) in [7, 11) is 0. The Labute approximate surface area is 176 Å². The molecular weight excluding hydrogens is 449 g/mol. The molecule has 0 radical (unpaired) electrons. The quantitative estimate of drug-likeness (QED) is 0.382. The van der Waals surface area contributed by atoms with Crippen molar-refractivity contribution >= 4 is 27.7 Å². The number of carbonyl (C=O) groups is 2. The van der Waals surface area contributed by atoms with Crippen LogP contribution >= 0.6 is 15.9 Å². The summed E-state index contributed by atoms with van der Waals surface area (Å²) in [5, 5.41) is 0. The van der Waals surface area contributed by atoms with E-state index in [4.69, 9.17) is 4.74 Å². The predicted molar refractivity (Wildman–Crippen MR) is 104 cm³/mol. The highest BCUT2D eigenvalue weighted by Crippen LogP contribution is 2.65. The van der Waals surface area contributed by atoms with Crippen LogP contribution in [0, 0.1) is 39.8 Å². The van der Waals surface area contributed by atoms with E-state index in [-0.39, 0.29) is 11.7 Å². The van der Waals surface area contributed by atoms with Gasteiger partial charge in [0.15, 0.2) is 11.4 Å². The number of esters is 1. The summed E-state index contributed by atoms with van der Waals surface area (Å²) in [6.07, 6.45) is 2.64. The van der Waals surface area contributed by atoms with Crippen LogP contribution in [0.5, 0.6) is 0 Å². The van der Waals surface area contributed by atoms with Crippen LogP contribution in [-0.2, 0) is 14.3 Å². The van der Waals surface area contributed by atoms with E-state index >= 15 is 0 Å². The van der Waals surface area contributed by atoms with Gasteiger partial charge in [-0.1, -0.05) is 12.5 Å². The molecule has 0 unspecified atom stereocenters. The first kappa shape index (κ1) is 21.0. The Morgan fingerprint density at radius 3 is 2.62 bits per heavy atom. The second-order valence-corrected chi connectivity index (χ2v) is 9.63. The maximum absolute atomic E-state index is 13.0. The number of fused-ring (bicyclic) bond motifs is 5. The van der Waals surface area contributed by atoms with Gasteiger partial charge in [-0.15, -0.1) is 0 Å². The van der Waals surface area contributed by atoms with Crippen LogP contribution in [0.4, 0.5) is 13.2 Å². The average molecular weight is 473 g/mol. The second-order valence-electron chi connectivity index (χ2n) is 9.23. The van der Waals surface area contributed by atoms with Crippen molar-refractivity contribution in [1.29, 1.82) is 0 Å². The number of ether oxygens (including phenoxy) is 1. The number of halogens is 4. The number of rotatable bonds is 1. The van der Waals surface area contributed by atoms with E-state index < -0.39 is 23.2 Å². The van der Waals surface area contributed by atoms with Gasteiger partial charge in [0.2, 0.25) is 0 Å². The lowest BCUT2D eigenvalue weighted by Gasteiger charge is -2.55. The van der Waals surface area contributed by atoms with Crippen LogP contribution in [0.3, 0.4) is 0 Å². The standard InChI is InChI=1S/C22H24BrF3O3/c1-20-8-6-16-15-5-3-14(27)12-13(15)2-4-17(16)18(20)7-9-21(20,10-11-23)29-19(28)22(24,25)26/h12,15-18H,2-9H2,1H3/t15-,16+,17+,18-,20-,21+/m0/s1. The number of ketones is 1. The van der Waals surface area contributed by atoms with Crippen molar-refractivity contribution in [3.8, 4) is 10.8 Å². The third-order valence-electron chi connectivity index (χ3n) is 8.17. The van der Waals surface area contributed by atoms with Crippen LogP contribution in [0.15, 0.2) is 11.6 Å². The molecule has 4 rings (SSSR count). The third kappa shape index (κ3) is 3.26. The molecule has 0 heterocycles. The molecule has 0 aromatic rings. The topological polar surface area (TPSA) is 43.4 Å².